The molecule has 0 spiro atoms. The van der Waals surface area contributed by atoms with Gasteiger partial charge in [0.15, 0.2) is 29.7 Å². The molecule has 4 aromatic rings. The van der Waals surface area contributed by atoms with Gasteiger partial charge in [-0.05, 0) is 29.3 Å². The SMILES string of the molecule is CC1(C)O[C@@H]2[C@H](O1)[C@@H](CO[Si](c1ccccc1)(c1ccccc1)C(C)(C)C)O[C@H]2N1CC[C@H](n2cnc3c(N)ncnc32)O1. The number of imidazole rings is 1. The minimum atomic E-state index is -2.78. The first-order valence-electron chi connectivity index (χ1n) is 15.2. The predicted octanol–water partition coefficient (Wildman–Crippen LogP) is 3.37. The van der Waals surface area contributed by atoms with E-state index in [9.17, 15) is 0 Å². The van der Waals surface area contributed by atoms with Crippen molar-refractivity contribution < 1.29 is 23.5 Å². The van der Waals surface area contributed by atoms with Gasteiger partial charge in [-0.1, -0.05) is 81.4 Å². The highest BCUT2D eigenvalue weighted by atomic mass is 28.4. The smallest absolute Gasteiger partial charge is 0.261 e. The van der Waals surface area contributed by atoms with E-state index in [0.717, 1.165) is 0 Å². The van der Waals surface area contributed by atoms with Crippen LogP contribution >= 0.6 is 0 Å². The van der Waals surface area contributed by atoms with Gasteiger partial charge in [0.05, 0.1) is 12.9 Å². The van der Waals surface area contributed by atoms with Crippen molar-refractivity contribution in [3.63, 3.8) is 0 Å². The van der Waals surface area contributed by atoms with E-state index in [4.69, 9.17) is 29.2 Å². The van der Waals surface area contributed by atoms with Crippen LogP contribution in [-0.4, -0.2) is 76.4 Å². The number of ether oxygens (including phenoxy) is 3. The fraction of sp³-hybridized carbons (Fsp3) is 0.469. The van der Waals surface area contributed by atoms with Crippen molar-refractivity contribution >= 4 is 35.7 Å². The summed E-state index contributed by atoms with van der Waals surface area (Å²) in [6.45, 7) is 11.7. The Labute approximate surface area is 258 Å². The highest BCUT2D eigenvalue weighted by molar-refractivity contribution is 6.99. The number of hydrogen-bond donors (Lipinski definition) is 1. The van der Waals surface area contributed by atoms with Crippen LogP contribution in [0.15, 0.2) is 73.3 Å². The summed E-state index contributed by atoms with van der Waals surface area (Å²) in [5, 5.41) is 4.14. The lowest BCUT2D eigenvalue weighted by Gasteiger charge is -2.43. The van der Waals surface area contributed by atoms with E-state index in [2.05, 4.69) is 96.4 Å². The molecule has 0 unspecified atom stereocenters. The number of anilines is 1. The molecule has 3 aliphatic rings. The van der Waals surface area contributed by atoms with Gasteiger partial charge < -0.3 is 24.4 Å². The monoisotopic (exact) mass is 616 g/mol. The van der Waals surface area contributed by atoms with Crippen molar-refractivity contribution in [2.45, 2.75) is 82.6 Å². The Kier molecular flexibility index (Phi) is 7.36. The van der Waals surface area contributed by atoms with Gasteiger partial charge >= 0.3 is 0 Å². The zero-order chi connectivity index (χ0) is 30.7. The predicted molar refractivity (Wildman–Crippen MR) is 167 cm³/mol. The molecule has 44 heavy (non-hydrogen) atoms. The molecule has 3 aliphatic heterocycles. The van der Waals surface area contributed by atoms with Crippen molar-refractivity contribution in [1.29, 1.82) is 0 Å². The van der Waals surface area contributed by atoms with Crippen LogP contribution in [-0.2, 0) is 23.5 Å². The summed E-state index contributed by atoms with van der Waals surface area (Å²) < 4.78 is 28.8. The number of rotatable bonds is 7. The first kappa shape index (κ1) is 29.5. The molecule has 0 aliphatic carbocycles. The van der Waals surface area contributed by atoms with Gasteiger partial charge in [-0.15, -0.1) is 0 Å². The van der Waals surface area contributed by atoms with Gasteiger partial charge in [-0.2, -0.15) is 5.06 Å². The number of hydrogen-bond acceptors (Lipinski definition) is 10. The molecule has 11 nitrogen and oxygen atoms in total. The molecule has 2 aromatic carbocycles. The summed E-state index contributed by atoms with van der Waals surface area (Å²) in [6.07, 6.45) is 2.01. The lowest BCUT2D eigenvalue weighted by molar-refractivity contribution is -0.283. The second-order valence-corrected chi connectivity index (χ2v) is 17.5. The van der Waals surface area contributed by atoms with E-state index in [1.54, 1.807) is 6.33 Å². The van der Waals surface area contributed by atoms with Crippen LogP contribution < -0.4 is 16.1 Å². The Hall–Kier alpha value is -3.23. The molecule has 0 saturated carbocycles. The first-order valence-corrected chi connectivity index (χ1v) is 17.1. The van der Waals surface area contributed by atoms with Crippen molar-refractivity contribution in [1.82, 2.24) is 24.6 Å². The highest BCUT2D eigenvalue weighted by Crippen LogP contribution is 2.43. The molecule has 12 heteroatoms. The minimum absolute atomic E-state index is 0.161. The fourth-order valence-corrected chi connectivity index (χ4v) is 11.5. The van der Waals surface area contributed by atoms with Crippen LogP contribution in [0.2, 0.25) is 5.04 Å². The Morgan fingerprint density at radius 3 is 2.27 bits per heavy atom. The van der Waals surface area contributed by atoms with Gasteiger partial charge in [-0.3, -0.25) is 9.40 Å². The third-order valence-corrected chi connectivity index (χ3v) is 13.8. The maximum atomic E-state index is 7.26. The fourth-order valence-electron chi connectivity index (χ4n) is 6.95. The van der Waals surface area contributed by atoms with Crippen molar-refractivity contribution in [3.8, 4) is 0 Å². The molecule has 2 aromatic heterocycles. The summed E-state index contributed by atoms with van der Waals surface area (Å²) in [5.41, 5.74) is 7.21. The topological polar surface area (TPSA) is 119 Å². The van der Waals surface area contributed by atoms with Gasteiger partial charge in [0.25, 0.3) is 8.32 Å². The molecule has 0 radical (unpaired) electrons. The van der Waals surface area contributed by atoms with E-state index in [0.29, 0.717) is 36.6 Å². The van der Waals surface area contributed by atoms with Crippen LogP contribution in [0, 0.1) is 0 Å². The maximum absolute atomic E-state index is 7.26. The van der Waals surface area contributed by atoms with E-state index < -0.39 is 20.3 Å². The van der Waals surface area contributed by atoms with Crippen LogP contribution in [0.1, 0.15) is 47.3 Å². The first-order chi connectivity index (χ1) is 21.1. The third-order valence-electron chi connectivity index (χ3n) is 8.84. The lowest BCUT2D eigenvalue weighted by atomic mass is 10.1. The number of nitrogens with two attached hydrogens (primary N) is 1. The molecular weight excluding hydrogens is 576 g/mol. The van der Waals surface area contributed by atoms with Crippen LogP contribution in [0.3, 0.4) is 0 Å². The van der Waals surface area contributed by atoms with Gasteiger partial charge in [0, 0.05) is 13.0 Å². The number of nitrogen functional groups attached to an aromatic ring is 1. The van der Waals surface area contributed by atoms with Gasteiger partial charge in [0.2, 0.25) is 0 Å². The molecule has 0 amide bonds. The third kappa shape index (κ3) is 4.94. The number of hydroxylamine groups is 2. The van der Waals surface area contributed by atoms with Crippen molar-refractivity contribution in [3.05, 3.63) is 73.3 Å². The van der Waals surface area contributed by atoms with Gasteiger partial charge in [0.1, 0.15) is 30.2 Å². The molecule has 3 fully saturated rings. The maximum Gasteiger partial charge on any atom is 0.261 e. The summed E-state index contributed by atoms with van der Waals surface area (Å²) in [4.78, 5) is 19.3. The molecule has 2 N–H and O–H groups in total. The largest absolute Gasteiger partial charge is 0.405 e. The summed E-state index contributed by atoms with van der Waals surface area (Å²) in [5.74, 6) is -0.422. The summed E-state index contributed by atoms with van der Waals surface area (Å²) in [6, 6.07) is 21.2. The molecule has 3 saturated heterocycles. The van der Waals surface area contributed by atoms with Crippen LogP contribution in [0.5, 0.6) is 0 Å². The van der Waals surface area contributed by atoms with Gasteiger partial charge in [-0.25, -0.2) is 15.0 Å². The van der Waals surface area contributed by atoms with Crippen LogP contribution in [0.4, 0.5) is 5.82 Å². The Bertz CT molecular complexity index is 1570. The van der Waals surface area contributed by atoms with E-state index >= 15 is 0 Å². The Morgan fingerprint density at radius 1 is 0.955 bits per heavy atom. The molecular formula is C32H40N6O5Si. The second-order valence-electron chi connectivity index (χ2n) is 13.2. The molecule has 5 heterocycles. The van der Waals surface area contributed by atoms with E-state index in [1.165, 1.54) is 16.7 Å². The average Bonchev–Trinajstić information content (AvgIpc) is 3.77. The summed E-state index contributed by atoms with van der Waals surface area (Å²) >= 11 is 0. The quantitative estimate of drug-likeness (QED) is 0.310. The van der Waals surface area contributed by atoms with E-state index in [1.807, 2.05) is 23.5 Å². The Balaban J connectivity index is 1.16. The number of aromatic nitrogens is 4. The normalized spacial score (nSPS) is 27.2. The standard InChI is InChI=1S/C32H40N6O5Si/c1-31(2,3)44(21-12-8-6-9-13-21,22-14-10-7-11-15-22)39-18-23-26-27(42-32(4,5)41-26)30(40-23)38-17-16-24(43-38)37-20-36-25-28(33)34-19-35-29(25)37/h6-15,19-20,23-24,26-27,30H,16-18H2,1-5H3,(H2,33,34,35)/t23-,24-,26-,27-,30-/m1/s1. The lowest BCUT2D eigenvalue weighted by Crippen LogP contribution is -2.67. The number of nitrogens with zero attached hydrogens (tertiary/aromatic N) is 5. The molecule has 5 atom stereocenters. The minimum Gasteiger partial charge on any atom is -0.405 e. The second kappa shape index (κ2) is 11.0. The van der Waals surface area contributed by atoms with E-state index in [-0.39, 0.29) is 29.6 Å². The van der Waals surface area contributed by atoms with Crippen LogP contribution in [0.25, 0.3) is 11.2 Å². The zero-order valence-corrected chi connectivity index (χ0v) is 26.8. The zero-order valence-electron chi connectivity index (χ0n) is 25.8. The molecule has 7 rings (SSSR count). The molecule has 0 bridgehead atoms. The molecule has 232 valence electrons. The van der Waals surface area contributed by atoms with Crippen molar-refractivity contribution in [2.24, 2.45) is 0 Å². The van der Waals surface area contributed by atoms with Crippen molar-refractivity contribution in [2.75, 3.05) is 18.9 Å². The number of benzene rings is 2. The highest BCUT2D eigenvalue weighted by Gasteiger charge is 2.59. The Morgan fingerprint density at radius 2 is 1.61 bits per heavy atom. The summed E-state index contributed by atoms with van der Waals surface area (Å²) in [7, 11) is -2.78. The average molecular weight is 617 g/mol. The number of fused-ring (bicyclic) bond motifs is 2.